The zero-order valence-electron chi connectivity index (χ0n) is 20.3. The van der Waals surface area contributed by atoms with E-state index < -0.39 is 16.1 Å². The lowest BCUT2D eigenvalue weighted by Gasteiger charge is -2.20. The molecule has 0 aliphatic rings. The van der Waals surface area contributed by atoms with Crippen molar-refractivity contribution in [3.8, 4) is 5.75 Å². The van der Waals surface area contributed by atoms with E-state index in [9.17, 15) is 13.2 Å². The zero-order valence-corrected chi connectivity index (χ0v) is 21.1. The van der Waals surface area contributed by atoms with Crippen LogP contribution in [0.25, 0.3) is 0 Å². The van der Waals surface area contributed by atoms with E-state index in [-0.39, 0.29) is 16.7 Å². The van der Waals surface area contributed by atoms with Gasteiger partial charge < -0.3 is 10.1 Å². The molecule has 33 heavy (non-hydrogen) atoms. The Morgan fingerprint density at radius 3 is 2.06 bits per heavy atom. The lowest BCUT2D eigenvalue weighted by Crippen LogP contribution is -2.47. The van der Waals surface area contributed by atoms with Gasteiger partial charge in [0.15, 0.2) is 0 Å². The second kappa shape index (κ2) is 12.7. The van der Waals surface area contributed by atoms with Crippen LogP contribution in [0.5, 0.6) is 5.75 Å². The van der Waals surface area contributed by atoms with Crippen LogP contribution < -0.4 is 14.8 Å². The fraction of sp³-hybridized carbons (Fsp3) is 0.480. The topological polar surface area (TPSA) is 87.7 Å². The van der Waals surface area contributed by atoms with Gasteiger partial charge in [0.25, 0.3) is 0 Å². The highest BCUT2D eigenvalue weighted by Gasteiger charge is 2.26. The first-order valence-corrected chi connectivity index (χ1v) is 12.9. The van der Waals surface area contributed by atoms with Gasteiger partial charge in [0.1, 0.15) is 11.8 Å². The number of rotatable bonds is 13. The highest BCUT2D eigenvalue weighted by atomic mass is 32.2. The first kappa shape index (κ1) is 26.8. The summed E-state index contributed by atoms with van der Waals surface area (Å²) in [7, 11) is -2.33. The quantitative estimate of drug-likeness (QED) is 0.463. The fourth-order valence-electron chi connectivity index (χ4n) is 3.47. The van der Waals surface area contributed by atoms with E-state index in [1.165, 1.54) is 24.8 Å². The molecule has 1 unspecified atom stereocenters. The molecule has 0 fully saturated rings. The monoisotopic (exact) mass is 475 g/mol. The maximum absolute atomic E-state index is 12.9. The minimum atomic E-state index is -3.85. The summed E-state index contributed by atoms with van der Waals surface area (Å²) >= 11 is 0. The summed E-state index contributed by atoms with van der Waals surface area (Å²) < 4.78 is 33.3. The maximum atomic E-state index is 12.9. The van der Waals surface area contributed by atoms with E-state index in [4.69, 9.17) is 4.74 Å². The molecule has 0 aliphatic carbocycles. The van der Waals surface area contributed by atoms with Gasteiger partial charge in [-0.3, -0.25) is 9.69 Å². The number of carbonyl (C=O) groups is 1. The molecule has 0 spiro atoms. The van der Waals surface area contributed by atoms with Crippen molar-refractivity contribution in [3.63, 3.8) is 0 Å². The van der Waals surface area contributed by atoms with E-state index in [1.54, 1.807) is 12.1 Å². The highest BCUT2D eigenvalue weighted by Crippen LogP contribution is 2.17. The lowest BCUT2D eigenvalue weighted by atomic mass is 10.0. The Bertz CT molecular complexity index is 970. The number of benzene rings is 2. The first-order valence-electron chi connectivity index (χ1n) is 11.4. The van der Waals surface area contributed by atoms with E-state index in [0.29, 0.717) is 18.7 Å². The molecule has 7 nitrogen and oxygen atoms in total. The maximum Gasteiger partial charge on any atom is 0.241 e. The van der Waals surface area contributed by atoms with Crippen LogP contribution in [0.4, 0.5) is 0 Å². The molecule has 0 aromatic heterocycles. The summed E-state index contributed by atoms with van der Waals surface area (Å²) in [5.74, 6) is 0.361. The van der Waals surface area contributed by atoms with Crippen molar-refractivity contribution in [2.75, 3.05) is 20.2 Å². The van der Waals surface area contributed by atoms with E-state index in [1.807, 2.05) is 26.0 Å². The Labute approximate surface area is 198 Å². The third-order valence-corrected chi connectivity index (χ3v) is 6.97. The Kier molecular flexibility index (Phi) is 10.3. The molecule has 2 aromatic rings. The van der Waals surface area contributed by atoms with Gasteiger partial charge in [-0.15, -0.1) is 0 Å². The summed E-state index contributed by atoms with van der Waals surface area (Å²) in [4.78, 5) is 15.3. The molecular weight excluding hydrogens is 438 g/mol. The fourth-order valence-corrected chi connectivity index (χ4v) is 4.68. The van der Waals surface area contributed by atoms with E-state index >= 15 is 0 Å². The van der Waals surface area contributed by atoms with Crippen molar-refractivity contribution in [1.29, 1.82) is 0 Å². The molecular formula is C25H37N3O4S. The van der Waals surface area contributed by atoms with Crippen LogP contribution in [-0.4, -0.2) is 45.5 Å². The lowest BCUT2D eigenvalue weighted by molar-refractivity contribution is -0.123. The number of nitrogens with zero attached hydrogens (tertiary/aromatic N) is 1. The van der Waals surface area contributed by atoms with Gasteiger partial charge in [-0.2, -0.15) is 4.72 Å². The average Bonchev–Trinajstić information content (AvgIpc) is 2.80. The van der Waals surface area contributed by atoms with Crippen molar-refractivity contribution in [2.24, 2.45) is 5.92 Å². The number of amides is 1. The summed E-state index contributed by atoms with van der Waals surface area (Å²) in [6.07, 6.45) is 0.393. The Morgan fingerprint density at radius 2 is 1.55 bits per heavy atom. The van der Waals surface area contributed by atoms with Crippen molar-refractivity contribution in [2.45, 2.75) is 58.1 Å². The smallest absolute Gasteiger partial charge is 0.241 e. The van der Waals surface area contributed by atoms with Gasteiger partial charge in [-0.05, 0) is 60.8 Å². The van der Waals surface area contributed by atoms with Gasteiger partial charge in [-0.1, -0.05) is 52.0 Å². The van der Waals surface area contributed by atoms with E-state index in [2.05, 4.69) is 40.9 Å². The Hall–Kier alpha value is -2.42. The Balaban J connectivity index is 2.03. The summed E-state index contributed by atoms with van der Waals surface area (Å²) in [6.45, 7) is 11.4. The molecule has 8 heteroatoms. The SMILES string of the molecule is CCN(CC)Cc1ccc(CNC(=O)C(CC(C)C)NS(=O)(=O)c2ccc(OC)cc2)cc1. The molecule has 2 rings (SSSR count). The van der Waals surface area contributed by atoms with Crippen LogP contribution in [0.1, 0.15) is 45.2 Å². The van der Waals surface area contributed by atoms with Crippen LogP contribution in [0.15, 0.2) is 53.4 Å². The molecule has 0 saturated heterocycles. The minimum absolute atomic E-state index is 0.0913. The van der Waals surface area contributed by atoms with Crippen LogP contribution in [0.3, 0.4) is 0 Å². The molecule has 2 aromatic carbocycles. The van der Waals surface area contributed by atoms with E-state index in [0.717, 1.165) is 25.2 Å². The number of sulfonamides is 1. The molecule has 182 valence electrons. The molecule has 0 heterocycles. The summed E-state index contributed by atoms with van der Waals surface area (Å²) in [6, 6.07) is 13.4. The van der Waals surface area contributed by atoms with Gasteiger partial charge in [0, 0.05) is 13.1 Å². The van der Waals surface area contributed by atoms with Crippen molar-refractivity contribution in [3.05, 3.63) is 59.7 Å². The number of ether oxygens (including phenoxy) is 1. The van der Waals surface area contributed by atoms with Gasteiger partial charge in [-0.25, -0.2) is 8.42 Å². The van der Waals surface area contributed by atoms with Gasteiger partial charge in [0.05, 0.1) is 12.0 Å². The molecule has 0 saturated carbocycles. The van der Waals surface area contributed by atoms with Gasteiger partial charge >= 0.3 is 0 Å². The number of hydrogen-bond donors (Lipinski definition) is 2. The zero-order chi connectivity index (χ0) is 24.4. The van der Waals surface area contributed by atoms with Crippen LogP contribution >= 0.6 is 0 Å². The van der Waals surface area contributed by atoms with Crippen LogP contribution in [0.2, 0.25) is 0 Å². The predicted molar refractivity (Wildman–Crippen MR) is 131 cm³/mol. The summed E-state index contributed by atoms with van der Waals surface area (Å²) in [5, 5.41) is 2.88. The molecule has 0 radical (unpaired) electrons. The predicted octanol–water partition coefficient (Wildman–Crippen LogP) is 3.55. The largest absolute Gasteiger partial charge is 0.497 e. The van der Waals surface area contributed by atoms with Crippen molar-refractivity contribution in [1.82, 2.24) is 14.9 Å². The van der Waals surface area contributed by atoms with Crippen molar-refractivity contribution < 1.29 is 17.9 Å². The third kappa shape index (κ3) is 8.46. The van der Waals surface area contributed by atoms with Crippen molar-refractivity contribution >= 4 is 15.9 Å². The minimum Gasteiger partial charge on any atom is -0.497 e. The molecule has 2 N–H and O–H groups in total. The molecule has 1 atom stereocenters. The number of carbonyl (C=O) groups excluding carboxylic acids is 1. The molecule has 1 amide bonds. The Morgan fingerprint density at radius 1 is 0.970 bits per heavy atom. The summed E-state index contributed by atoms with van der Waals surface area (Å²) in [5.41, 5.74) is 2.19. The third-order valence-electron chi connectivity index (χ3n) is 5.48. The molecule has 0 bridgehead atoms. The normalized spacial score (nSPS) is 12.7. The second-order valence-corrected chi connectivity index (χ2v) is 10.2. The number of methoxy groups -OCH3 is 1. The van der Waals surface area contributed by atoms with Crippen LogP contribution in [-0.2, 0) is 27.9 Å². The van der Waals surface area contributed by atoms with Crippen LogP contribution in [0, 0.1) is 5.92 Å². The van der Waals surface area contributed by atoms with Gasteiger partial charge in [0.2, 0.25) is 15.9 Å². The standard InChI is InChI=1S/C25H37N3O4S/c1-6-28(7-2)18-21-10-8-20(9-11-21)17-26-25(29)24(16-19(3)4)27-33(30,31)23-14-12-22(32-5)13-15-23/h8-15,19,24,27H,6-7,16-18H2,1-5H3,(H,26,29). The number of hydrogen-bond acceptors (Lipinski definition) is 5. The first-order chi connectivity index (χ1) is 15.7. The second-order valence-electron chi connectivity index (χ2n) is 8.47. The molecule has 0 aliphatic heterocycles. The highest BCUT2D eigenvalue weighted by molar-refractivity contribution is 7.89. The number of nitrogens with one attached hydrogen (secondary N) is 2. The average molecular weight is 476 g/mol.